The Morgan fingerprint density at radius 3 is 2.57 bits per heavy atom. The van der Waals surface area contributed by atoms with E-state index in [1.165, 1.54) is 19.2 Å². The number of benzene rings is 2. The molecule has 0 bridgehead atoms. The minimum absolute atomic E-state index is 0.331. The molecular weight excluding hydrogens is 275 g/mol. The molecule has 0 aliphatic heterocycles. The monoisotopic (exact) mass is 290 g/mol. The summed E-state index contributed by atoms with van der Waals surface area (Å²) in [5.74, 6) is -0.309. The van der Waals surface area contributed by atoms with E-state index in [0.717, 1.165) is 5.69 Å². The molecule has 0 fully saturated rings. The summed E-state index contributed by atoms with van der Waals surface area (Å²) in [6.45, 7) is 0.381. The van der Waals surface area contributed by atoms with Crippen LogP contribution >= 0.6 is 0 Å². The number of carbonyl (C=O) groups excluding carboxylic acids is 1. The van der Waals surface area contributed by atoms with Gasteiger partial charge in [-0.1, -0.05) is 0 Å². The summed E-state index contributed by atoms with van der Waals surface area (Å²) in [6.07, 6.45) is 0. The molecule has 3 N–H and O–H groups in total. The first-order chi connectivity index (χ1) is 10.1. The summed E-state index contributed by atoms with van der Waals surface area (Å²) in [7, 11) is 1.53. The lowest BCUT2D eigenvalue weighted by Gasteiger charge is -2.11. The van der Waals surface area contributed by atoms with Crippen LogP contribution in [0.3, 0.4) is 0 Å². The molecule has 0 aliphatic rings. The quantitative estimate of drug-likeness (QED) is 0.584. The number of anilines is 1. The third kappa shape index (κ3) is 3.70. The first kappa shape index (κ1) is 14.8. The van der Waals surface area contributed by atoms with Gasteiger partial charge in [0.1, 0.15) is 11.6 Å². The van der Waals surface area contributed by atoms with E-state index in [-0.39, 0.29) is 5.82 Å². The van der Waals surface area contributed by atoms with E-state index in [0.29, 0.717) is 23.4 Å². The fourth-order valence-corrected chi connectivity index (χ4v) is 1.89. The Labute approximate surface area is 121 Å². The number of methoxy groups -OCH3 is 1. The molecule has 0 saturated carbocycles. The third-order valence-electron chi connectivity index (χ3n) is 2.97. The normalized spacial score (nSPS) is 10.0. The highest BCUT2D eigenvalue weighted by Crippen LogP contribution is 2.21. The Hall–Kier alpha value is -2.60. The maximum Gasteiger partial charge on any atom is 0.274 e. The lowest BCUT2D eigenvalue weighted by atomic mass is 10.1. The van der Waals surface area contributed by atoms with Crippen LogP contribution in [0.5, 0.6) is 5.75 Å². The third-order valence-corrected chi connectivity index (χ3v) is 2.97. The van der Waals surface area contributed by atoms with Gasteiger partial charge < -0.3 is 10.1 Å². The second-order valence-corrected chi connectivity index (χ2v) is 4.33. The van der Waals surface area contributed by atoms with Crippen molar-refractivity contribution in [3.63, 3.8) is 0 Å². The van der Waals surface area contributed by atoms with Gasteiger partial charge >= 0.3 is 0 Å². The van der Waals surface area contributed by atoms with Crippen LogP contribution in [-0.2, 0) is 6.54 Å². The smallest absolute Gasteiger partial charge is 0.274 e. The van der Waals surface area contributed by atoms with Crippen molar-refractivity contribution < 1.29 is 19.1 Å². The Morgan fingerprint density at radius 2 is 1.95 bits per heavy atom. The van der Waals surface area contributed by atoms with E-state index in [4.69, 9.17) is 9.94 Å². The molecule has 0 aliphatic carbocycles. The molecule has 0 aromatic heterocycles. The number of ether oxygens (including phenoxy) is 1. The van der Waals surface area contributed by atoms with Crippen molar-refractivity contribution in [2.75, 3.05) is 12.4 Å². The second-order valence-electron chi connectivity index (χ2n) is 4.33. The highest BCUT2D eigenvalue weighted by Gasteiger charge is 2.06. The van der Waals surface area contributed by atoms with Gasteiger partial charge in [0.15, 0.2) is 0 Å². The van der Waals surface area contributed by atoms with Crippen LogP contribution < -0.4 is 15.5 Å². The fraction of sp³-hybridized carbons (Fsp3) is 0.133. The number of hydrogen-bond acceptors (Lipinski definition) is 4. The van der Waals surface area contributed by atoms with Gasteiger partial charge in [-0.25, -0.2) is 9.87 Å². The minimum atomic E-state index is -0.576. The zero-order chi connectivity index (χ0) is 15.2. The Balaban J connectivity index is 2.06. The van der Waals surface area contributed by atoms with Crippen molar-refractivity contribution in [2.45, 2.75) is 6.54 Å². The van der Waals surface area contributed by atoms with E-state index in [1.807, 2.05) is 0 Å². The van der Waals surface area contributed by atoms with Crippen molar-refractivity contribution in [2.24, 2.45) is 0 Å². The van der Waals surface area contributed by atoms with Crippen molar-refractivity contribution in [3.05, 3.63) is 59.4 Å². The summed E-state index contributed by atoms with van der Waals surface area (Å²) in [6, 6.07) is 10.8. The first-order valence-corrected chi connectivity index (χ1v) is 6.25. The predicted molar refractivity (Wildman–Crippen MR) is 76.0 cm³/mol. The van der Waals surface area contributed by atoms with Gasteiger partial charge in [0.2, 0.25) is 0 Å². The molecule has 0 atom stereocenters. The van der Waals surface area contributed by atoms with Crippen molar-refractivity contribution >= 4 is 11.6 Å². The second kappa shape index (κ2) is 6.71. The van der Waals surface area contributed by atoms with Gasteiger partial charge in [0.25, 0.3) is 5.91 Å². The fourth-order valence-electron chi connectivity index (χ4n) is 1.89. The van der Waals surface area contributed by atoms with Gasteiger partial charge in [0.05, 0.1) is 7.11 Å². The molecule has 5 nitrogen and oxygen atoms in total. The predicted octanol–water partition coefficient (Wildman–Crippen LogP) is 2.57. The van der Waals surface area contributed by atoms with Gasteiger partial charge in [-0.05, 0) is 42.5 Å². The molecule has 2 aromatic rings. The van der Waals surface area contributed by atoms with E-state index < -0.39 is 5.91 Å². The molecule has 2 rings (SSSR count). The summed E-state index contributed by atoms with van der Waals surface area (Å²) < 4.78 is 18.4. The molecule has 110 valence electrons. The Bertz CT molecular complexity index is 629. The molecule has 0 spiro atoms. The number of hydrogen-bond donors (Lipinski definition) is 3. The Kier molecular flexibility index (Phi) is 4.73. The molecule has 21 heavy (non-hydrogen) atoms. The molecule has 2 aromatic carbocycles. The zero-order valence-electron chi connectivity index (χ0n) is 11.4. The van der Waals surface area contributed by atoms with Gasteiger partial charge in [-0.3, -0.25) is 10.0 Å². The number of hydroxylamine groups is 1. The van der Waals surface area contributed by atoms with Crippen LogP contribution in [0.15, 0.2) is 42.5 Å². The lowest BCUT2D eigenvalue weighted by Crippen LogP contribution is -2.18. The van der Waals surface area contributed by atoms with Crippen LogP contribution in [0.2, 0.25) is 0 Å². The van der Waals surface area contributed by atoms with E-state index >= 15 is 0 Å². The first-order valence-electron chi connectivity index (χ1n) is 6.25. The summed E-state index contributed by atoms with van der Waals surface area (Å²) >= 11 is 0. The Morgan fingerprint density at radius 1 is 1.24 bits per heavy atom. The summed E-state index contributed by atoms with van der Waals surface area (Å²) in [5, 5.41) is 11.6. The highest BCUT2D eigenvalue weighted by atomic mass is 19.1. The van der Waals surface area contributed by atoms with Crippen molar-refractivity contribution in [1.29, 1.82) is 0 Å². The van der Waals surface area contributed by atoms with Gasteiger partial charge in [-0.2, -0.15) is 0 Å². The molecule has 1 amide bonds. The topological polar surface area (TPSA) is 70.6 Å². The van der Waals surface area contributed by atoms with Crippen LogP contribution in [0.4, 0.5) is 10.1 Å². The van der Waals surface area contributed by atoms with Crippen LogP contribution in [0.25, 0.3) is 0 Å². The summed E-state index contributed by atoms with van der Waals surface area (Å²) in [5.41, 5.74) is 3.35. The maximum atomic E-state index is 13.2. The average Bonchev–Trinajstić information content (AvgIpc) is 2.52. The number of amides is 1. The van der Waals surface area contributed by atoms with Gasteiger partial charge in [-0.15, -0.1) is 0 Å². The number of carbonyl (C=O) groups is 1. The largest absolute Gasteiger partial charge is 0.496 e. The SMILES string of the molecule is COc1ccc(F)cc1CNc1ccc(C(=O)NO)cc1. The van der Waals surface area contributed by atoms with E-state index in [1.54, 1.807) is 35.8 Å². The summed E-state index contributed by atoms with van der Waals surface area (Å²) in [4.78, 5) is 11.2. The average molecular weight is 290 g/mol. The van der Waals surface area contributed by atoms with Crippen molar-refractivity contribution in [3.8, 4) is 5.75 Å². The van der Waals surface area contributed by atoms with E-state index in [9.17, 15) is 9.18 Å². The lowest BCUT2D eigenvalue weighted by molar-refractivity contribution is 0.0706. The standard InChI is InChI=1S/C15H15FN2O3/c1-21-14-7-4-12(16)8-11(14)9-17-13-5-2-10(3-6-13)15(19)18-20/h2-8,17,20H,9H2,1H3,(H,18,19). The van der Waals surface area contributed by atoms with E-state index in [2.05, 4.69) is 5.32 Å². The maximum absolute atomic E-state index is 13.2. The minimum Gasteiger partial charge on any atom is -0.496 e. The van der Waals surface area contributed by atoms with Gasteiger partial charge in [0, 0.05) is 23.4 Å². The molecule has 0 unspecified atom stereocenters. The van der Waals surface area contributed by atoms with Crippen LogP contribution in [-0.4, -0.2) is 18.2 Å². The molecular formula is C15H15FN2O3. The molecule has 0 radical (unpaired) electrons. The highest BCUT2D eigenvalue weighted by molar-refractivity contribution is 5.93. The number of nitrogens with one attached hydrogen (secondary N) is 2. The molecule has 6 heteroatoms. The van der Waals surface area contributed by atoms with Crippen molar-refractivity contribution in [1.82, 2.24) is 5.48 Å². The van der Waals surface area contributed by atoms with Crippen LogP contribution in [0.1, 0.15) is 15.9 Å². The zero-order valence-corrected chi connectivity index (χ0v) is 11.4. The molecule has 0 heterocycles. The number of rotatable bonds is 5. The molecule has 0 saturated heterocycles. The number of halogens is 1. The van der Waals surface area contributed by atoms with Crippen LogP contribution in [0, 0.1) is 5.82 Å².